The van der Waals surface area contributed by atoms with Gasteiger partial charge in [0.05, 0.1) is 40.7 Å². The van der Waals surface area contributed by atoms with Crippen molar-refractivity contribution in [2.75, 3.05) is 47.3 Å². The molecule has 0 saturated carbocycles. The Labute approximate surface area is 159 Å². The molecule has 0 aromatic heterocycles. The van der Waals surface area contributed by atoms with Crippen LogP contribution in [-0.4, -0.2) is 52.8 Å². The quantitative estimate of drug-likeness (QED) is 0.728. The number of likely N-dealkylation sites (N-methyl/N-ethyl adjacent to an activating group) is 1. The molecule has 0 saturated heterocycles. The monoisotopic (exact) mass is 374 g/mol. The summed E-state index contributed by atoms with van der Waals surface area (Å²) in [4.78, 5) is 14.3. The number of amides is 1. The number of hydrogen-bond donors (Lipinski definition) is 1. The fourth-order valence-corrected chi connectivity index (χ4v) is 2.68. The summed E-state index contributed by atoms with van der Waals surface area (Å²) in [7, 11) is 8.22. The van der Waals surface area contributed by atoms with Crippen molar-refractivity contribution < 1.29 is 23.7 Å². The van der Waals surface area contributed by atoms with Gasteiger partial charge in [-0.15, -0.1) is 0 Å². The lowest BCUT2D eigenvalue weighted by Gasteiger charge is -2.19. The average Bonchev–Trinajstić information content (AvgIpc) is 2.67. The van der Waals surface area contributed by atoms with Crippen molar-refractivity contribution in [3.63, 3.8) is 0 Å². The lowest BCUT2D eigenvalue weighted by Crippen LogP contribution is -2.30. The van der Waals surface area contributed by atoms with Gasteiger partial charge in [-0.05, 0) is 25.2 Å². The highest BCUT2D eigenvalue weighted by Crippen LogP contribution is 2.29. The van der Waals surface area contributed by atoms with Gasteiger partial charge in [-0.2, -0.15) is 0 Å². The molecule has 0 bridgehead atoms. The molecule has 0 radical (unpaired) electrons. The number of anilines is 1. The first-order valence-corrected chi connectivity index (χ1v) is 8.42. The van der Waals surface area contributed by atoms with Crippen molar-refractivity contribution in [3.8, 4) is 23.0 Å². The van der Waals surface area contributed by atoms with E-state index in [0.717, 1.165) is 17.1 Å². The van der Waals surface area contributed by atoms with Crippen molar-refractivity contribution in [1.82, 2.24) is 4.90 Å². The molecule has 0 spiro atoms. The largest absolute Gasteiger partial charge is 0.497 e. The summed E-state index contributed by atoms with van der Waals surface area (Å²) in [6.07, 6.45) is 0. The minimum Gasteiger partial charge on any atom is -0.497 e. The summed E-state index contributed by atoms with van der Waals surface area (Å²) in [5.74, 6) is 2.50. The zero-order valence-corrected chi connectivity index (χ0v) is 16.4. The highest BCUT2D eigenvalue weighted by atomic mass is 16.5. The van der Waals surface area contributed by atoms with E-state index in [1.165, 1.54) is 0 Å². The average molecular weight is 374 g/mol. The molecule has 0 atom stereocenters. The maximum atomic E-state index is 12.4. The van der Waals surface area contributed by atoms with Crippen LogP contribution in [0.4, 0.5) is 5.69 Å². The molecule has 7 heteroatoms. The number of carbonyl (C=O) groups excluding carboxylic acids is 1. The Hall–Kier alpha value is -2.93. The lowest BCUT2D eigenvalue weighted by molar-refractivity contribution is -0.117. The normalized spacial score (nSPS) is 10.4. The third-order valence-corrected chi connectivity index (χ3v) is 4.03. The molecule has 146 valence electrons. The molecule has 0 aliphatic heterocycles. The molecule has 2 rings (SSSR count). The minimum atomic E-state index is -0.156. The van der Waals surface area contributed by atoms with E-state index in [1.807, 2.05) is 30.1 Å². The molecular formula is C20H26N2O5. The number of methoxy groups -OCH3 is 4. The Morgan fingerprint density at radius 1 is 0.889 bits per heavy atom. The summed E-state index contributed by atoms with van der Waals surface area (Å²) in [5.41, 5.74) is 1.53. The Balaban J connectivity index is 2.02. The number of hydrogen-bond acceptors (Lipinski definition) is 6. The van der Waals surface area contributed by atoms with Crippen LogP contribution in [0.25, 0.3) is 0 Å². The third-order valence-electron chi connectivity index (χ3n) is 4.03. The molecule has 0 aliphatic carbocycles. The van der Waals surface area contributed by atoms with Crippen LogP contribution in [-0.2, 0) is 11.3 Å². The molecule has 27 heavy (non-hydrogen) atoms. The molecule has 1 N–H and O–H groups in total. The molecule has 2 aromatic rings. The van der Waals surface area contributed by atoms with E-state index in [-0.39, 0.29) is 12.5 Å². The van der Waals surface area contributed by atoms with Crippen LogP contribution in [0, 0.1) is 0 Å². The number of nitrogens with one attached hydrogen (secondary N) is 1. The maximum absolute atomic E-state index is 12.4. The zero-order chi connectivity index (χ0) is 19.8. The standard InChI is InChI=1S/C20H26N2O5/c1-22(12-14-6-7-16(25-3)11-19(14)27-5)13-20(23)21-17-10-15(24-2)8-9-18(17)26-4/h6-11H,12-13H2,1-5H3,(H,21,23). The highest BCUT2D eigenvalue weighted by molar-refractivity contribution is 5.94. The number of ether oxygens (including phenoxy) is 4. The van der Waals surface area contributed by atoms with Crippen molar-refractivity contribution in [1.29, 1.82) is 0 Å². The predicted molar refractivity (Wildman–Crippen MR) is 104 cm³/mol. The van der Waals surface area contributed by atoms with Gasteiger partial charge in [0.25, 0.3) is 0 Å². The van der Waals surface area contributed by atoms with Gasteiger partial charge < -0.3 is 24.3 Å². The first kappa shape index (κ1) is 20.4. The number of nitrogens with zero attached hydrogens (tertiary/aromatic N) is 1. The van der Waals surface area contributed by atoms with Gasteiger partial charge in [-0.3, -0.25) is 9.69 Å². The van der Waals surface area contributed by atoms with E-state index in [0.29, 0.717) is 23.7 Å². The van der Waals surface area contributed by atoms with Gasteiger partial charge in [0.2, 0.25) is 5.91 Å². The zero-order valence-electron chi connectivity index (χ0n) is 16.4. The summed E-state index contributed by atoms with van der Waals surface area (Å²) in [6, 6.07) is 10.9. The van der Waals surface area contributed by atoms with Crippen LogP contribution >= 0.6 is 0 Å². The van der Waals surface area contributed by atoms with Gasteiger partial charge in [-0.25, -0.2) is 0 Å². The number of carbonyl (C=O) groups is 1. The maximum Gasteiger partial charge on any atom is 0.238 e. The fourth-order valence-electron chi connectivity index (χ4n) is 2.68. The summed E-state index contributed by atoms with van der Waals surface area (Å²) in [5, 5.41) is 2.86. The van der Waals surface area contributed by atoms with Crippen molar-refractivity contribution in [3.05, 3.63) is 42.0 Å². The number of rotatable bonds is 9. The van der Waals surface area contributed by atoms with Gasteiger partial charge in [0, 0.05) is 24.2 Å². The van der Waals surface area contributed by atoms with Gasteiger partial charge >= 0.3 is 0 Å². The van der Waals surface area contributed by atoms with Crippen LogP contribution < -0.4 is 24.3 Å². The summed E-state index contributed by atoms with van der Waals surface area (Å²) in [6.45, 7) is 0.755. The minimum absolute atomic E-state index is 0.156. The Morgan fingerprint density at radius 3 is 2.15 bits per heavy atom. The molecule has 0 heterocycles. The highest BCUT2D eigenvalue weighted by Gasteiger charge is 2.13. The predicted octanol–water partition coefficient (Wildman–Crippen LogP) is 2.79. The van der Waals surface area contributed by atoms with Crippen LogP contribution in [0.1, 0.15) is 5.56 Å². The molecule has 0 aliphatic rings. The smallest absolute Gasteiger partial charge is 0.238 e. The van der Waals surface area contributed by atoms with Crippen LogP contribution in [0.15, 0.2) is 36.4 Å². The van der Waals surface area contributed by atoms with E-state index in [4.69, 9.17) is 18.9 Å². The summed E-state index contributed by atoms with van der Waals surface area (Å²) < 4.78 is 21.1. The Kier molecular flexibility index (Phi) is 7.31. The fraction of sp³-hybridized carbons (Fsp3) is 0.350. The van der Waals surface area contributed by atoms with Gasteiger partial charge in [0.15, 0.2) is 0 Å². The topological polar surface area (TPSA) is 69.3 Å². The summed E-state index contributed by atoms with van der Waals surface area (Å²) >= 11 is 0. The second-order valence-corrected chi connectivity index (χ2v) is 5.96. The van der Waals surface area contributed by atoms with Crippen molar-refractivity contribution in [2.24, 2.45) is 0 Å². The van der Waals surface area contributed by atoms with E-state index < -0.39 is 0 Å². The number of benzene rings is 2. The molecule has 1 amide bonds. The van der Waals surface area contributed by atoms with Crippen molar-refractivity contribution in [2.45, 2.75) is 6.54 Å². The van der Waals surface area contributed by atoms with Crippen LogP contribution in [0.5, 0.6) is 23.0 Å². The Bertz CT molecular complexity index is 779. The lowest BCUT2D eigenvalue weighted by atomic mass is 10.1. The SMILES string of the molecule is COc1ccc(OC)c(NC(=O)CN(C)Cc2ccc(OC)cc2OC)c1. The van der Waals surface area contributed by atoms with E-state index in [2.05, 4.69) is 5.32 Å². The van der Waals surface area contributed by atoms with Crippen LogP contribution in [0.3, 0.4) is 0 Å². The van der Waals surface area contributed by atoms with E-state index >= 15 is 0 Å². The van der Waals surface area contributed by atoms with E-state index in [1.54, 1.807) is 46.6 Å². The molecule has 7 nitrogen and oxygen atoms in total. The van der Waals surface area contributed by atoms with Gasteiger partial charge in [0.1, 0.15) is 23.0 Å². The third kappa shape index (κ3) is 5.52. The molecule has 0 fully saturated rings. The second kappa shape index (κ2) is 9.68. The molecular weight excluding hydrogens is 348 g/mol. The van der Waals surface area contributed by atoms with E-state index in [9.17, 15) is 4.79 Å². The van der Waals surface area contributed by atoms with Gasteiger partial charge in [-0.1, -0.05) is 6.07 Å². The molecule has 2 aromatic carbocycles. The molecule has 0 unspecified atom stereocenters. The van der Waals surface area contributed by atoms with Crippen LogP contribution in [0.2, 0.25) is 0 Å². The van der Waals surface area contributed by atoms with Crippen molar-refractivity contribution >= 4 is 11.6 Å². The Morgan fingerprint density at radius 2 is 1.52 bits per heavy atom. The first-order chi connectivity index (χ1) is 13.0. The second-order valence-electron chi connectivity index (χ2n) is 5.96. The first-order valence-electron chi connectivity index (χ1n) is 8.42.